The molecule has 2 aromatic rings. The quantitative estimate of drug-likeness (QED) is 0.443. The molecule has 0 saturated carbocycles. The molecule has 0 saturated heterocycles. The molecule has 0 bridgehead atoms. The lowest BCUT2D eigenvalue weighted by Crippen LogP contribution is -1.94. The van der Waals surface area contributed by atoms with E-state index in [1.807, 2.05) is 0 Å². The molecule has 1 aliphatic rings. The smallest absolute Gasteiger partial charge is 0.00149 e. The fourth-order valence-corrected chi connectivity index (χ4v) is 6.42. The molecule has 0 fully saturated rings. The van der Waals surface area contributed by atoms with E-state index in [0.717, 1.165) is 0 Å². The Bertz CT molecular complexity index is 676. The Labute approximate surface area is 148 Å². The average Bonchev–Trinajstić information content (AvgIpc) is 3.06. The molecule has 0 aromatic heterocycles. The summed E-state index contributed by atoms with van der Waals surface area (Å²) in [6.07, 6.45) is 12.0. The van der Waals surface area contributed by atoms with Gasteiger partial charge in [-0.25, -0.2) is 0 Å². The molecule has 0 unspecified atom stereocenters. The van der Waals surface area contributed by atoms with Crippen molar-refractivity contribution in [3.05, 3.63) is 65.0 Å². The van der Waals surface area contributed by atoms with Gasteiger partial charge in [0.05, 0.1) is 0 Å². The second kappa shape index (κ2) is 8.63. The lowest BCUT2D eigenvalue weighted by molar-refractivity contribution is 0.868. The zero-order valence-corrected chi connectivity index (χ0v) is 16.0. The summed E-state index contributed by atoms with van der Waals surface area (Å²) in [7, 11) is 0.0599. The van der Waals surface area contributed by atoms with E-state index in [4.69, 9.17) is 0 Å². The highest BCUT2D eigenvalue weighted by Gasteiger charge is 2.21. The van der Waals surface area contributed by atoms with E-state index >= 15 is 0 Å². The summed E-state index contributed by atoms with van der Waals surface area (Å²) in [6, 6.07) is 17.7. The van der Waals surface area contributed by atoms with Crippen LogP contribution in [0.4, 0.5) is 0 Å². The van der Waals surface area contributed by atoms with Gasteiger partial charge in [-0.3, -0.25) is 0 Å². The summed E-state index contributed by atoms with van der Waals surface area (Å²) < 4.78 is 0. The molecule has 0 N–H and O–H groups in total. The van der Waals surface area contributed by atoms with Crippen molar-refractivity contribution >= 4 is 14.0 Å². The van der Waals surface area contributed by atoms with Crippen LogP contribution in [0.2, 0.25) is 0 Å². The normalized spacial score (nSPS) is 13.2. The van der Waals surface area contributed by atoms with Crippen LogP contribution in [-0.2, 0) is 6.42 Å². The topological polar surface area (TPSA) is 0 Å². The SMILES string of the molecule is CCCCP(CCCC)C1=Cc2c(cccc2-c2ccccc2)C1. The first-order valence-electron chi connectivity index (χ1n) is 9.46. The first kappa shape index (κ1) is 17.4. The molecular formula is C23H29P. The van der Waals surface area contributed by atoms with Gasteiger partial charge >= 0.3 is 0 Å². The van der Waals surface area contributed by atoms with Gasteiger partial charge < -0.3 is 0 Å². The van der Waals surface area contributed by atoms with Gasteiger partial charge in [0.25, 0.3) is 0 Å². The maximum Gasteiger partial charge on any atom is -0.00149 e. The Kier molecular flexibility index (Phi) is 6.27. The summed E-state index contributed by atoms with van der Waals surface area (Å²) >= 11 is 0. The van der Waals surface area contributed by atoms with Crippen LogP contribution in [0.1, 0.15) is 50.7 Å². The number of hydrogen-bond donors (Lipinski definition) is 0. The monoisotopic (exact) mass is 336 g/mol. The third-order valence-corrected chi connectivity index (χ3v) is 7.74. The minimum absolute atomic E-state index is 0.0599. The highest BCUT2D eigenvalue weighted by atomic mass is 31.1. The zero-order chi connectivity index (χ0) is 16.8. The predicted molar refractivity (Wildman–Crippen MR) is 110 cm³/mol. The van der Waals surface area contributed by atoms with Gasteiger partial charge in [0, 0.05) is 0 Å². The maximum absolute atomic E-state index is 2.55. The van der Waals surface area contributed by atoms with Crippen molar-refractivity contribution in [3.8, 4) is 11.1 Å². The van der Waals surface area contributed by atoms with Crippen LogP contribution in [0.15, 0.2) is 53.8 Å². The second-order valence-electron chi connectivity index (χ2n) is 6.75. The summed E-state index contributed by atoms with van der Waals surface area (Å²) in [5.41, 5.74) is 5.77. The molecule has 0 spiro atoms. The van der Waals surface area contributed by atoms with Gasteiger partial charge in [0.2, 0.25) is 0 Å². The molecular weight excluding hydrogens is 307 g/mol. The first-order valence-corrected chi connectivity index (χ1v) is 11.2. The van der Waals surface area contributed by atoms with Gasteiger partial charge in [0.15, 0.2) is 0 Å². The molecule has 0 nitrogen and oxygen atoms in total. The number of benzene rings is 2. The van der Waals surface area contributed by atoms with Crippen molar-refractivity contribution in [3.63, 3.8) is 0 Å². The van der Waals surface area contributed by atoms with Crippen molar-refractivity contribution < 1.29 is 0 Å². The lowest BCUT2D eigenvalue weighted by Gasteiger charge is -2.18. The van der Waals surface area contributed by atoms with E-state index in [9.17, 15) is 0 Å². The van der Waals surface area contributed by atoms with Crippen molar-refractivity contribution in [2.45, 2.75) is 46.0 Å². The van der Waals surface area contributed by atoms with E-state index in [2.05, 4.69) is 68.5 Å². The Balaban J connectivity index is 1.89. The molecule has 0 heterocycles. The zero-order valence-electron chi connectivity index (χ0n) is 15.1. The van der Waals surface area contributed by atoms with Crippen LogP contribution in [-0.4, -0.2) is 12.3 Å². The van der Waals surface area contributed by atoms with Crippen LogP contribution >= 0.6 is 7.92 Å². The van der Waals surface area contributed by atoms with Gasteiger partial charge in [0.1, 0.15) is 0 Å². The van der Waals surface area contributed by atoms with E-state index in [-0.39, 0.29) is 7.92 Å². The highest BCUT2D eigenvalue weighted by molar-refractivity contribution is 7.62. The minimum Gasteiger partial charge on any atom is -0.0794 e. The maximum atomic E-state index is 2.55. The molecule has 0 amide bonds. The number of fused-ring (bicyclic) bond motifs is 1. The lowest BCUT2D eigenvalue weighted by atomic mass is 9.97. The molecule has 126 valence electrons. The van der Waals surface area contributed by atoms with Gasteiger partial charge in [-0.2, -0.15) is 0 Å². The summed E-state index contributed by atoms with van der Waals surface area (Å²) in [4.78, 5) is 0. The standard InChI is InChI=1S/C23H29P/c1-3-5-15-24(16-6-4-2)21-17-20-13-10-14-22(23(20)18-21)19-11-8-7-9-12-19/h7-14,18H,3-6,15-17H2,1-2H3. The van der Waals surface area contributed by atoms with Crippen molar-refractivity contribution in [2.75, 3.05) is 12.3 Å². The highest BCUT2D eigenvalue weighted by Crippen LogP contribution is 2.52. The number of allylic oxidation sites excluding steroid dienone is 1. The second-order valence-corrected chi connectivity index (χ2v) is 9.30. The largest absolute Gasteiger partial charge is 0.0794 e. The summed E-state index contributed by atoms with van der Waals surface area (Å²) in [5, 5.41) is 1.74. The van der Waals surface area contributed by atoms with Crippen LogP contribution in [0.25, 0.3) is 17.2 Å². The van der Waals surface area contributed by atoms with Crippen LogP contribution in [0.5, 0.6) is 0 Å². The molecule has 2 aromatic carbocycles. The van der Waals surface area contributed by atoms with Gasteiger partial charge in [-0.15, -0.1) is 0 Å². The van der Waals surface area contributed by atoms with E-state index in [1.165, 1.54) is 66.7 Å². The number of rotatable bonds is 8. The van der Waals surface area contributed by atoms with Crippen LogP contribution in [0, 0.1) is 0 Å². The third-order valence-electron chi connectivity index (χ3n) is 4.93. The summed E-state index contributed by atoms with van der Waals surface area (Å²) in [6.45, 7) is 4.64. The molecule has 0 atom stereocenters. The molecule has 1 heteroatoms. The molecule has 0 radical (unpaired) electrons. The Hall–Kier alpha value is -1.39. The number of unbranched alkanes of at least 4 members (excludes halogenated alkanes) is 2. The molecule has 3 rings (SSSR count). The third kappa shape index (κ3) is 3.98. The van der Waals surface area contributed by atoms with E-state index in [0.29, 0.717) is 0 Å². The van der Waals surface area contributed by atoms with Gasteiger partial charge in [-0.1, -0.05) is 89.2 Å². The molecule has 1 aliphatic carbocycles. The summed E-state index contributed by atoms with van der Waals surface area (Å²) in [5.74, 6) is 0. The molecule has 0 aliphatic heterocycles. The van der Waals surface area contributed by atoms with Crippen molar-refractivity contribution in [2.24, 2.45) is 0 Å². The van der Waals surface area contributed by atoms with E-state index in [1.54, 1.807) is 5.31 Å². The van der Waals surface area contributed by atoms with Crippen LogP contribution in [0.3, 0.4) is 0 Å². The minimum atomic E-state index is 0.0599. The average molecular weight is 336 g/mol. The fourth-order valence-electron chi connectivity index (χ4n) is 3.52. The van der Waals surface area contributed by atoms with Crippen molar-refractivity contribution in [1.82, 2.24) is 0 Å². The van der Waals surface area contributed by atoms with Gasteiger partial charge in [-0.05, 0) is 59.2 Å². The van der Waals surface area contributed by atoms with E-state index < -0.39 is 0 Å². The first-order chi connectivity index (χ1) is 11.8. The van der Waals surface area contributed by atoms with Crippen LogP contribution < -0.4 is 0 Å². The van der Waals surface area contributed by atoms with Crippen molar-refractivity contribution in [1.29, 1.82) is 0 Å². The number of hydrogen-bond acceptors (Lipinski definition) is 0. The molecule has 24 heavy (non-hydrogen) atoms. The predicted octanol–water partition coefficient (Wildman–Crippen LogP) is 7.33. The Morgan fingerprint density at radius 3 is 2.21 bits per heavy atom. The fraction of sp³-hybridized carbons (Fsp3) is 0.391. The Morgan fingerprint density at radius 2 is 1.54 bits per heavy atom. The Morgan fingerprint density at radius 1 is 0.833 bits per heavy atom.